The van der Waals surface area contributed by atoms with Crippen molar-refractivity contribution in [3.63, 3.8) is 0 Å². The first-order chi connectivity index (χ1) is 19.7. The number of hydrogen-bond donors (Lipinski definition) is 0. The Morgan fingerprint density at radius 2 is 1.12 bits per heavy atom. The minimum absolute atomic E-state index is 0.376. The van der Waals surface area contributed by atoms with Crippen molar-refractivity contribution in [2.75, 3.05) is 52.7 Å². The quantitative estimate of drug-likeness (QED) is 0.164. The lowest BCUT2D eigenvalue weighted by Gasteiger charge is -2.26. The molecule has 40 heavy (non-hydrogen) atoms. The Hall–Kier alpha value is -4.43. The minimum atomic E-state index is 0.376. The molecule has 8 nitrogen and oxygen atoms in total. The number of benzene rings is 3. The van der Waals surface area contributed by atoms with E-state index >= 15 is 0 Å². The van der Waals surface area contributed by atoms with Gasteiger partial charge in [-0.25, -0.2) is 4.98 Å². The highest BCUT2D eigenvalue weighted by atomic mass is 16.5. The number of methoxy groups -OCH3 is 3. The molecular weight excluding hydrogens is 508 g/mol. The van der Waals surface area contributed by atoms with Gasteiger partial charge in [0.1, 0.15) is 36.2 Å². The smallest absolute Gasteiger partial charge is 0.215 e. The van der Waals surface area contributed by atoms with Crippen LogP contribution in [0.5, 0.6) is 28.9 Å². The normalized spacial score (nSPS) is 10.6. The van der Waals surface area contributed by atoms with Crippen molar-refractivity contribution in [1.82, 2.24) is 4.98 Å². The second-order valence-electron chi connectivity index (χ2n) is 8.90. The summed E-state index contributed by atoms with van der Waals surface area (Å²) >= 11 is 0. The molecule has 0 aliphatic rings. The molecule has 4 aromatic rings. The molecule has 0 spiro atoms. The molecule has 210 valence electrons. The third-order valence-electron chi connectivity index (χ3n) is 6.11. The second kappa shape index (κ2) is 15.2. The van der Waals surface area contributed by atoms with Gasteiger partial charge in [0.25, 0.3) is 0 Å². The number of anilines is 1. The van der Waals surface area contributed by atoms with Crippen molar-refractivity contribution in [1.29, 1.82) is 0 Å². The fourth-order valence-corrected chi connectivity index (χ4v) is 4.11. The summed E-state index contributed by atoms with van der Waals surface area (Å²) in [6, 6.07) is 27.6. The summed E-state index contributed by atoms with van der Waals surface area (Å²) in [6.45, 7) is 3.03. The van der Waals surface area contributed by atoms with Gasteiger partial charge in [0.15, 0.2) is 0 Å². The SMILES string of the molecule is COc1cccc(CN(Cc2cccc(OC)c2)c2ccnc(OCCOCCOc3cccc(OC)c3)c2)c1. The topological polar surface area (TPSA) is 71.5 Å². The molecule has 1 aromatic heterocycles. The van der Waals surface area contributed by atoms with Crippen LogP contribution in [0.1, 0.15) is 11.1 Å². The molecule has 0 saturated heterocycles. The molecule has 4 rings (SSSR count). The number of hydrogen-bond acceptors (Lipinski definition) is 8. The van der Waals surface area contributed by atoms with Gasteiger partial charge in [0.05, 0.1) is 34.5 Å². The van der Waals surface area contributed by atoms with E-state index in [1.54, 1.807) is 27.5 Å². The third kappa shape index (κ3) is 8.81. The highest BCUT2D eigenvalue weighted by molar-refractivity contribution is 5.50. The first-order valence-corrected chi connectivity index (χ1v) is 13.1. The summed E-state index contributed by atoms with van der Waals surface area (Å²) < 4.78 is 33.4. The Morgan fingerprint density at radius 1 is 0.575 bits per heavy atom. The van der Waals surface area contributed by atoms with Crippen molar-refractivity contribution in [3.8, 4) is 28.9 Å². The summed E-state index contributed by atoms with van der Waals surface area (Å²) in [5, 5.41) is 0. The number of ether oxygens (including phenoxy) is 6. The van der Waals surface area contributed by atoms with Gasteiger partial charge in [0.2, 0.25) is 5.88 Å². The predicted octanol–water partition coefficient (Wildman–Crippen LogP) is 5.79. The highest BCUT2D eigenvalue weighted by Crippen LogP contribution is 2.25. The molecular formula is C32H36N2O6. The fourth-order valence-electron chi connectivity index (χ4n) is 4.11. The molecule has 0 bridgehead atoms. The monoisotopic (exact) mass is 544 g/mol. The van der Waals surface area contributed by atoms with Crippen molar-refractivity contribution < 1.29 is 28.4 Å². The van der Waals surface area contributed by atoms with Crippen LogP contribution in [0.2, 0.25) is 0 Å². The maximum absolute atomic E-state index is 5.91. The molecule has 0 atom stereocenters. The zero-order valence-electron chi connectivity index (χ0n) is 23.2. The van der Waals surface area contributed by atoms with Crippen molar-refractivity contribution in [3.05, 3.63) is 102 Å². The largest absolute Gasteiger partial charge is 0.497 e. The van der Waals surface area contributed by atoms with Crippen LogP contribution in [0, 0.1) is 0 Å². The number of nitrogens with zero attached hydrogens (tertiary/aromatic N) is 2. The van der Waals surface area contributed by atoms with E-state index in [2.05, 4.69) is 22.0 Å². The molecule has 0 radical (unpaired) electrons. The molecule has 0 N–H and O–H groups in total. The zero-order chi connectivity index (χ0) is 28.0. The molecule has 0 aliphatic heterocycles. The lowest BCUT2D eigenvalue weighted by Crippen LogP contribution is -2.22. The third-order valence-corrected chi connectivity index (χ3v) is 6.11. The predicted molar refractivity (Wildman–Crippen MR) is 155 cm³/mol. The van der Waals surface area contributed by atoms with E-state index < -0.39 is 0 Å². The van der Waals surface area contributed by atoms with E-state index in [1.165, 1.54) is 0 Å². The molecule has 8 heteroatoms. The average molecular weight is 545 g/mol. The Labute approximate surface area is 236 Å². The summed E-state index contributed by atoms with van der Waals surface area (Å²) in [4.78, 5) is 6.67. The maximum atomic E-state index is 5.91. The summed E-state index contributed by atoms with van der Waals surface area (Å²) in [5.41, 5.74) is 3.25. The Bertz CT molecular complexity index is 1280. The molecule has 3 aromatic carbocycles. The van der Waals surface area contributed by atoms with Gasteiger partial charge in [-0.1, -0.05) is 30.3 Å². The van der Waals surface area contributed by atoms with Crippen LogP contribution in [0.25, 0.3) is 0 Å². The van der Waals surface area contributed by atoms with Crippen LogP contribution < -0.4 is 28.6 Å². The summed E-state index contributed by atoms with van der Waals surface area (Å²) in [7, 11) is 4.99. The van der Waals surface area contributed by atoms with Gasteiger partial charge >= 0.3 is 0 Å². The molecule has 1 heterocycles. The molecule has 0 saturated carbocycles. The Kier molecular flexibility index (Phi) is 10.9. The van der Waals surface area contributed by atoms with Crippen LogP contribution in [-0.2, 0) is 17.8 Å². The lowest BCUT2D eigenvalue weighted by molar-refractivity contribution is 0.0753. The van der Waals surface area contributed by atoms with E-state index in [0.29, 0.717) is 45.4 Å². The fraction of sp³-hybridized carbons (Fsp3) is 0.281. The van der Waals surface area contributed by atoms with E-state index in [0.717, 1.165) is 39.8 Å². The number of aromatic nitrogens is 1. The van der Waals surface area contributed by atoms with Gasteiger partial charge in [-0.2, -0.15) is 0 Å². The van der Waals surface area contributed by atoms with Crippen LogP contribution >= 0.6 is 0 Å². The van der Waals surface area contributed by atoms with E-state index in [9.17, 15) is 0 Å². The maximum Gasteiger partial charge on any atom is 0.215 e. The summed E-state index contributed by atoms with van der Waals surface area (Å²) in [6.07, 6.45) is 1.76. The number of pyridine rings is 1. The van der Waals surface area contributed by atoms with E-state index in [1.807, 2.05) is 72.8 Å². The van der Waals surface area contributed by atoms with Gasteiger partial charge < -0.3 is 33.3 Å². The molecule has 0 unspecified atom stereocenters. The van der Waals surface area contributed by atoms with Crippen molar-refractivity contribution in [2.45, 2.75) is 13.1 Å². The average Bonchev–Trinajstić information content (AvgIpc) is 3.00. The minimum Gasteiger partial charge on any atom is -0.497 e. The highest BCUT2D eigenvalue weighted by Gasteiger charge is 2.12. The molecule has 0 amide bonds. The molecule has 0 fully saturated rings. The van der Waals surface area contributed by atoms with Gasteiger partial charge in [-0.05, 0) is 53.6 Å². The van der Waals surface area contributed by atoms with Gasteiger partial charge in [-0.15, -0.1) is 0 Å². The Morgan fingerprint density at radius 3 is 1.75 bits per heavy atom. The summed E-state index contributed by atoms with van der Waals surface area (Å²) in [5.74, 6) is 3.69. The standard InChI is InChI=1S/C32H36N2O6/c1-35-28-9-4-7-25(19-28)23-34(24-26-8-5-10-29(20-26)36-2)27-13-14-33-32(21-27)40-18-16-38-15-17-39-31-12-6-11-30(22-31)37-3/h4-14,19-22H,15-18,23-24H2,1-3H3. The first-order valence-electron chi connectivity index (χ1n) is 13.1. The zero-order valence-corrected chi connectivity index (χ0v) is 23.2. The van der Waals surface area contributed by atoms with Gasteiger partial charge in [-0.3, -0.25) is 0 Å². The number of rotatable bonds is 16. The van der Waals surface area contributed by atoms with Crippen LogP contribution in [0.3, 0.4) is 0 Å². The van der Waals surface area contributed by atoms with E-state index in [4.69, 9.17) is 28.4 Å². The first kappa shape index (κ1) is 28.6. The van der Waals surface area contributed by atoms with Crippen LogP contribution in [-0.4, -0.2) is 52.7 Å². The molecule has 0 aliphatic carbocycles. The van der Waals surface area contributed by atoms with Crippen molar-refractivity contribution >= 4 is 5.69 Å². The lowest BCUT2D eigenvalue weighted by atomic mass is 10.1. The second-order valence-corrected chi connectivity index (χ2v) is 8.90. The van der Waals surface area contributed by atoms with Crippen LogP contribution in [0.15, 0.2) is 91.1 Å². The van der Waals surface area contributed by atoms with E-state index in [-0.39, 0.29) is 0 Å². The van der Waals surface area contributed by atoms with Gasteiger partial charge in [0, 0.05) is 37.1 Å². The van der Waals surface area contributed by atoms with Crippen molar-refractivity contribution in [2.24, 2.45) is 0 Å². The Balaban J connectivity index is 1.33. The van der Waals surface area contributed by atoms with Crippen LogP contribution in [0.4, 0.5) is 5.69 Å².